The fraction of sp³-hybridized carbons (Fsp3) is 0.250. The van der Waals surface area contributed by atoms with Crippen LogP contribution in [0.25, 0.3) is 0 Å². The van der Waals surface area contributed by atoms with Gasteiger partial charge in [0, 0.05) is 0 Å². The molecule has 0 bridgehead atoms. The summed E-state index contributed by atoms with van der Waals surface area (Å²) in [6.07, 6.45) is -4.66. The molecule has 3 nitrogen and oxygen atoms in total. The molecule has 1 aromatic rings. The van der Waals surface area contributed by atoms with Gasteiger partial charge >= 0.3 is 12.1 Å². The number of hydrogen-bond donors (Lipinski definition) is 0. The Hall–Kier alpha value is -1.07. The Bertz CT molecular complexity index is 475. The summed E-state index contributed by atoms with van der Waals surface area (Å²) >= 11 is 2.96. The van der Waals surface area contributed by atoms with Crippen LogP contribution < -0.4 is 0 Å². The maximum absolute atomic E-state index is 12.5. The molecule has 0 saturated heterocycles. The lowest BCUT2D eigenvalue weighted by Gasteiger charge is -2.02. The van der Waals surface area contributed by atoms with Crippen LogP contribution in [-0.4, -0.2) is 13.1 Å². The van der Waals surface area contributed by atoms with Gasteiger partial charge in [-0.25, -0.2) is 4.79 Å². The molecule has 0 atom stereocenters. The van der Waals surface area contributed by atoms with Crippen molar-refractivity contribution in [3.8, 4) is 6.07 Å². The summed E-state index contributed by atoms with van der Waals surface area (Å²) in [4.78, 5) is 9.74. The molecule has 0 spiro atoms. The zero-order valence-corrected chi connectivity index (χ0v) is 10.1. The highest BCUT2D eigenvalue weighted by Gasteiger charge is 2.39. The molecule has 1 rings (SSSR count). The van der Waals surface area contributed by atoms with Crippen molar-refractivity contribution in [2.24, 2.45) is 0 Å². The molecular weight excluding hydrogens is 311 g/mol. The summed E-state index contributed by atoms with van der Waals surface area (Å²) in [6.45, 7) is 0. The third kappa shape index (κ3) is 2.20. The number of hydrogen-bond acceptors (Lipinski definition) is 4. The van der Waals surface area contributed by atoms with E-state index in [0.29, 0.717) is 0 Å². The zero-order chi connectivity index (χ0) is 12.5. The Kier molecular flexibility index (Phi) is 3.60. The molecule has 0 aliphatic heterocycles. The van der Waals surface area contributed by atoms with Crippen molar-refractivity contribution in [3.05, 3.63) is 19.8 Å². The summed E-state index contributed by atoms with van der Waals surface area (Å²) in [5.74, 6) is -0.913. The maximum atomic E-state index is 12.5. The highest BCUT2D eigenvalue weighted by atomic mass is 79.9. The second kappa shape index (κ2) is 4.43. The van der Waals surface area contributed by atoms with Crippen molar-refractivity contribution in [1.29, 1.82) is 5.26 Å². The van der Waals surface area contributed by atoms with E-state index in [0.717, 1.165) is 7.11 Å². The van der Waals surface area contributed by atoms with Crippen LogP contribution in [0.2, 0.25) is 0 Å². The molecule has 0 unspecified atom stereocenters. The van der Waals surface area contributed by atoms with Crippen LogP contribution in [0.5, 0.6) is 0 Å². The first-order chi connectivity index (χ1) is 7.32. The largest absolute Gasteiger partial charge is 0.465 e. The molecule has 0 fully saturated rings. The number of carbonyl (C=O) groups excluding carboxylic acids is 1. The number of nitrogens with zero attached hydrogens (tertiary/aromatic N) is 1. The predicted octanol–water partition coefficient (Wildman–Crippen LogP) is 3.19. The summed E-state index contributed by atoms with van der Waals surface area (Å²) in [5.41, 5.74) is -0.599. The van der Waals surface area contributed by atoms with E-state index >= 15 is 0 Å². The van der Waals surface area contributed by atoms with Crippen LogP contribution in [0.15, 0.2) is 4.47 Å². The fourth-order valence-corrected chi connectivity index (χ4v) is 2.69. The minimum absolute atomic E-state index is 0.181. The van der Waals surface area contributed by atoms with Crippen molar-refractivity contribution in [1.82, 2.24) is 0 Å². The molecule has 0 saturated carbocycles. The lowest BCUT2D eigenvalue weighted by atomic mass is 10.2. The molecule has 0 aromatic carbocycles. The highest BCUT2D eigenvalue weighted by Crippen LogP contribution is 2.42. The number of esters is 1. The van der Waals surface area contributed by atoms with Crippen LogP contribution in [-0.2, 0) is 10.9 Å². The number of ether oxygens (including phenoxy) is 1. The van der Waals surface area contributed by atoms with E-state index in [4.69, 9.17) is 5.26 Å². The Morgan fingerprint density at radius 2 is 2.12 bits per heavy atom. The Morgan fingerprint density at radius 3 is 2.44 bits per heavy atom. The molecule has 86 valence electrons. The Morgan fingerprint density at radius 1 is 1.56 bits per heavy atom. The first kappa shape index (κ1) is 13.0. The van der Waals surface area contributed by atoms with Gasteiger partial charge in [0.15, 0.2) is 0 Å². The topological polar surface area (TPSA) is 50.1 Å². The van der Waals surface area contributed by atoms with Gasteiger partial charge in [-0.2, -0.15) is 18.4 Å². The lowest BCUT2D eigenvalue weighted by molar-refractivity contribution is -0.134. The van der Waals surface area contributed by atoms with E-state index < -0.39 is 22.6 Å². The molecular formula is C8H3BrF3NO2S. The zero-order valence-electron chi connectivity index (χ0n) is 7.68. The number of methoxy groups -OCH3 is 1. The predicted molar refractivity (Wildman–Crippen MR) is 53.1 cm³/mol. The van der Waals surface area contributed by atoms with Gasteiger partial charge in [0.25, 0.3) is 0 Å². The SMILES string of the molecule is COC(=O)c1sc(C(F)(F)F)c(C#N)c1Br. The molecule has 0 radical (unpaired) electrons. The summed E-state index contributed by atoms with van der Waals surface area (Å²) in [7, 11) is 1.05. The average molecular weight is 314 g/mol. The molecule has 0 aliphatic rings. The van der Waals surface area contributed by atoms with Crippen LogP contribution in [0.1, 0.15) is 20.1 Å². The van der Waals surface area contributed by atoms with Crippen molar-refractivity contribution in [2.75, 3.05) is 7.11 Å². The maximum Gasteiger partial charge on any atom is 0.426 e. The van der Waals surface area contributed by atoms with E-state index in [1.165, 1.54) is 6.07 Å². The number of halogens is 4. The molecule has 0 aliphatic carbocycles. The van der Waals surface area contributed by atoms with E-state index in [1.807, 2.05) is 0 Å². The minimum atomic E-state index is -4.66. The van der Waals surface area contributed by atoms with Crippen LogP contribution in [0.4, 0.5) is 13.2 Å². The molecule has 8 heteroatoms. The van der Waals surface area contributed by atoms with Gasteiger partial charge in [-0.3, -0.25) is 0 Å². The van der Waals surface area contributed by atoms with Gasteiger partial charge in [-0.15, -0.1) is 11.3 Å². The number of carbonyl (C=O) groups is 1. The van der Waals surface area contributed by atoms with Crippen molar-refractivity contribution >= 4 is 33.2 Å². The Balaban J connectivity index is 3.45. The molecule has 16 heavy (non-hydrogen) atoms. The molecule has 0 N–H and O–H groups in total. The first-order valence-electron chi connectivity index (χ1n) is 3.70. The van der Waals surface area contributed by atoms with Gasteiger partial charge in [-0.1, -0.05) is 0 Å². The van der Waals surface area contributed by atoms with Crippen LogP contribution in [0, 0.1) is 11.3 Å². The number of nitriles is 1. The third-order valence-corrected chi connectivity index (χ3v) is 3.86. The number of thiophene rings is 1. The third-order valence-electron chi connectivity index (χ3n) is 1.59. The van der Waals surface area contributed by atoms with Crippen molar-refractivity contribution in [2.45, 2.75) is 6.18 Å². The summed E-state index contributed by atoms with van der Waals surface area (Å²) in [6, 6.07) is 1.41. The first-order valence-corrected chi connectivity index (χ1v) is 5.31. The number of rotatable bonds is 1. The van der Waals surface area contributed by atoms with Crippen molar-refractivity contribution < 1.29 is 22.7 Å². The number of alkyl halides is 3. The van der Waals surface area contributed by atoms with E-state index in [1.54, 1.807) is 0 Å². The molecule has 1 aromatic heterocycles. The van der Waals surface area contributed by atoms with Crippen LogP contribution in [0.3, 0.4) is 0 Å². The van der Waals surface area contributed by atoms with E-state index in [9.17, 15) is 18.0 Å². The second-order valence-corrected chi connectivity index (χ2v) is 4.36. The molecule has 1 heterocycles. The quantitative estimate of drug-likeness (QED) is 0.748. The normalized spacial score (nSPS) is 11.0. The van der Waals surface area contributed by atoms with Gasteiger partial charge < -0.3 is 4.74 Å². The van der Waals surface area contributed by atoms with E-state index in [-0.39, 0.29) is 20.7 Å². The smallest absolute Gasteiger partial charge is 0.426 e. The van der Waals surface area contributed by atoms with Gasteiger partial charge in [-0.05, 0) is 15.9 Å². The highest BCUT2D eigenvalue weighted by molar-refractivity contribution is 9.10. The minimum Gasteiger partial charge on any atom is -0.465 e. The van der Waals surface area contributed by atoms with Gasteiger partial charge in [0.05, 0.1) is 17.1 Å². The Labute approximate surface area is 101 Å². The van der Waals surface area contributed by atoms with E-state index in [2.05, 4.69) is 20.7 Å². The standard InChI is InChI=1S/C8H3BrF3NO2S/c1-15-7(14)5-4(9)3(2-13)6(16-5)8(10,11)12/h1H3. The van der Waals surface area contributed by atoms with Gasteiger partial charge in [0.1, 0.15) is 15.8 Å². The molecule has 0 amide bonds. The lowest BCUT2D eigenvalue weighted by Crippen LogP contribution is -2.03. The monoisotopic (exact) mass is 313 g/mol. The average Bonchev–Trinajstić information content (AvgIpc) is 2.53. The van der Waals surface area contributed by atoms with Crippen LogP contribution >= 0.6 is 27.3 Å². The summed E-state index contributed by atoms with van der Waals surface area (Å²) in [5, 5.41) is 8.60. The van der Waals surface area contributed by atoms with Crippen molar-refractivity contribution in [3.63, 3.8) is 0 Å². The second-order valence-electron chi connectivity index (χ2n) is 2.55. The summed E-state index contributed by atoms with van der Waals surface area (Å²) < 4.78 is 41.6. The van der Waals surface area contributed by atoms with Gasteiger partial charge in [0.2, 0.25) is 0 Å². The fourth-order valence-electron chi connectivity index (χ4n) is 0.935.